The summed E-state index contributed by atoms with van der Waals surface area (Å²) in [5.74, 6) is 0.855. The standard InChI is InChI=1S/C16H24N2O3/c1-3-15(12-4-6-13(20-2)7-5-12)18-16(19)10-14-11-17-8-9-21-14/h4-7,14-15,17H,3,8-11H2,1-2H3,(H,18,19). The zero-order chi connectivity index (χ0) is 15.1. The zero-order valence-corrected chi connectivity index (χ0v) is 12.7. The average Bonchev–Trinajstić information content (AvgIpc) is 2.53. The molecule has 2 atom stereocenters. The van der Waals surface area contributed by atoms with Gasteiger partial charge in [-0.05, 0) is 24.1 Å². The number of carbonyl (C=O) groups is 1. The molecule has 1 aliphatic heterocycles. The molecule has 0 spiro atoms. The molecule has 1 aromatic carbocycles. The quantitative estimate of drug-likeness (QED) is 0.837. The highest BCUT2D eigenvalue weighted by atomic mass is 16.5. The fraction of sp³-hybridized carbons (Fsp3) is 0.562. The first-order chi connectivity index (χ1) is 10.2. The van der Waals surface area contributed by atoms with E-state index in [4.69, 9.17) is 9.47 Å². The van der Waals surface area contributed by atoms with Crippen molar-refractivity contribution in [1.82, 2.24) is 10.6 Å². The van der Waals surface area contributed by atoms with E-state index in [2.05, 4.69) is 17.6 Å². The lowest BCUT2D eigenvalue weighted by Gasteiger charge is -2.24. The summed E-state index contributed by atoms with van der Waals surface area (Å²) in [5.41, 5.74) is 1.09. The molecule has 0 radical (unpaired) electrons. The molecule has 2 N–H and O–H groups in total. The molecule has 21 heavy (non-hydrogen) atoms. The molecule has 116 valence electrons. The first-order valence-electron chi connectivity index (χ1n) is 7.48. The van der Waals surface area contributed by atoms with Gasteiger partial charge in [-0.1, -0.05) is 19.1 Å². The second-order valence-corrected chi connectivity index (χ2v) is 5.20. The monoisotopic (exact) mass is 292 g/mol. The molecule has 1 fully saturated rings. The first kappa shape index (κ1) is 15.8. The minimum atomic E-state index is -0.0212. The Morgan fingerprint density at radius 1 is 1.48 bits per heavy atom. The van der Waals surface area contributed by atoms with Crippen LogP contribution in [0.3, 0.4) is 0 Å². The summed E-state index contributed by atoms with van der Waals surface area (Å²) in [6, 6.07) is 7.84. The lowest BCUT2D eigenvalue weighted by atomic mass is 10.0. The molecule has 0 bridgehead atoms. The number of hydrogen-bond acceptors (Lipinski definition) is 4. The number of hydrogen-bond donors (Lipinski definition) is 2. The van der Waals surface area contributed by atoms with Gasteiger partial charge in [0.1, 0.15) is 5.75 Å². The van der Waals surface area contributed by atoms with Crippen LogP contribution in [-0.2, 0) is 9.53 Å². The topological polar surface area (TPSA) is 59.6 Å². The Labute approximate surface area is 126 Å². The number of methoxy groups -OCH3 is 1. The van der Waals surface area contributed by atoms with Crippen LogP contribution in [0, 0.1) is 0 Å². The van der Waals surface area contributed by atoms with Crippen LogP contribution in [0.2, 0.25) is 0 Å². The summed E-state index contributed by atoms with van der Waals surface area (Å²) in [6.07, 6.45) is 1.23. The minimum Gasteiger partial charge on any atom is -0.497 e. The summed E-state index contributed by atoms with van der Waals surface area (Å²) in [5, 5.41) is 6.31. The highest BCUT2D eigenvalue weighted by molar-refractivity contribution is 5.77. The van der Waals surface area contributed by atoms with Gasteiger partial charge in [0.2, 0.25) is 5.91 Å². The average molecular weight is 292 g/mol. The Morgan fingerprint density at radius 3 is 2.81 bits per heavy atom. The van der Waals surface area contributed by atoms with Gasteiger partial charge in [0.25, 0.3) is 0 Å². The van der Waals surface area contributed by atoms with Crippen molar-refractivity contribution in [1.29, 1.82) is 0 Å². The molecule has 2 rings (SSSR count). The van der Waals surface area contributed by atoms with Crippen molar-refractivity contribution in [3.8, 4) is 5.75 Å². The number of nitrogens with one attached hydrogen (secondary N) is 2. The minimum absolute atomic E-state index is 0.0212. The van der Waals surface area contributed by atoms with E-state index in [1.807, 2.05) is 24.3 Å². The van der Waals surface area contributed by atoms with E-state index >= 15 is 0 Å². The van der Waals surface area contributed by atoms with Gasteiger partial charge in [-0.2, -0.15) is 0 Å². The molecule has 5 nitrogen and oxygen atoms in total. The van der Waals surface area contributed by atoms with E-state index in [1.165, 1.54) is 0 Å². The third-order valence-electron chi connectivity index (χ3n) is 3.68. The molecular weight excluding hydrogens is 268 g/mol. The maximum Gasteiger partial charge on any atom is 0.223 e. The predicted molar refractivity (Wildman–Crippen MR) is 81.4 cm³/mol. The molecule has 1 saturated heterocycles. The van der Waals surface area contributed by atoms with Crippen LogP contribution in [0.15, 0.2) is 24.3 Å². The molecule has 5 heteroatoms. The van der Waals surface area contributed by atoms with Gasteiger partial charge >= 0.3 is 0 Å². The lowest BCUT2D eigenvalue weighted by molar-refractivity contribution is -0.125. The van der Waals surface area contributed by atoms with Gasteiger partial charge in [-0.15, -0.1) is 0 Å². The highest BCUT2D eigenvalue weighted by Gasteiger charge is 2.19. The first-order valence-corrected chi connectivity index (χ1v) is 7.48. The largest absolute Gasteiger partial charge is 0.497 e. The van der Waals surface area contributed by atoms with Crippen molar-refractivity contribution >= 4 is 5.91 Å². The van der Waals surface area contributed by atoms with Gasteiger partial charge in [-0.25, -0.2) is 0 Å². The highest BCUT2D eigenvalue weighted by Crippen LogP contribution is 2.20. The summed E-state index contributed by atoms with van der Waals surface area (Å²) in [6.45, 7) is 4.34. The molecule has 2 unspecified atom stereocenters. The van der Waals surface area contributed by atoms with Crippen LogP contribution in [0.1, 0.15) is 31.4 Å². The molecule has 1 aromatic rings. The summed E-state index contributed by atoms with van der Waals surface area (Å²) < 4.78 is 10.7. The second-order valence-electron chi connectivity index (χ2n) is 5.20. The van der Waals surface area contributed by atoms with Crippen molar-refractivity contribution in [2.24, 2.45) is 0 Å². The summed E-state index contributed by atoms with van der Waals surface area (Å²) in [7, 11) is 1.65. The molecular formula is C16H24N2O3. The molecule has 1 heterocycles. The maximum absolute atomic E-state index is 12.1. The Hall–Kier alpha value is -1.59. The van der Waals surface area contributed by atoms with Gasteiger partial charge < -0.3 is 20.1 Å². The number of carbonyl (C=O) groups excluding carboxylic acids is 1. The molecule has 0 saturated carbocycles. The van der Waals surface area contributed by atoms with E-state index in [1.54, 1.807) is 7.11 Å². The van der Waals surface area contributed by atoms with Crippen molar-refractivity contribution in [2.45, 2.75) is 31.9 Å². The molecule has 1 amide bonds. The smallest absolute Gasteiger partial charge is 0.223 e. The third kappa shape index (κ3) is 4.72. The number of benzene rings is 1. The van der Waals surface area contributed by atoms with Gasteiger partial charge in [0, 0.05) is 13.1 Å². The van der Waals surface area contributed by atoms with Gasteiger partial charge in [0.15, 0.2) is 0 Å². The Kier molecular flexibility index (Phi) is 6.02. The normalized spacial score (nSPS) is 19.8. The lowest BCUT2D eigenvalue weighted by Crippen LogP contribution is -2.41. The molecule has 0 aromatic heterocycles. The van der Waals surface area contributed by atoms with E-state index in [9.17, 15) is 4.79 Å². The number of rotatable bonds is 6. The maximum atomic E-state index is 12.1. The second kappa shape index (κ2) is 8.00. The molecule has 1 aliphatic rings. The van der Waals surface area contributed by atoms with E-state index in [-0.39, 0.29) is 18.1 Å². The Balaban J connectivity index is 1.89. The van der Waals surface area contributed by atoms with Crippen molar-refractivity contribution < 1.29 is 14.3 Å². The zero-order valence-electron chi connectivity index (χ0n) is 12.7. The van der Waals surface area contributed by atoms with E-state index < -0.39 is 0 Å². The molecule has 0 aliphatic carbocycles. The van der Waals surface area contributed by atoms with E-state index in [0.717, 1.165) is 30.8 Å². The Bertz CT molecular complexity index is 441. The van der Waals surface area contributed by atoms with Crippen molar-refractivity contribution in [3.05, 3.63) is 29.8 Å². The number of morpholine rings is 1. The number of amides is 1. The van der Waals surface area contributed by atoms with Crippen LogP contribution >= 0.6 is 0 Å². The fourth-order valence-corrected chi connectivity index (χ4v) is 2.47. The third-order valence-corrected chi connectivity index (χ3v) is 3.68. The summed E-state index contributed by atoms with van der Waals surface area (Å²) >= 11 is 0. The predicted octanol–water partition coefficient (Wildman–Crippen LogP) is 1.64. The van der Waals surface area contributed by atoms with Crippen LogP contribution in [0.5, 0.6) is 5.75 Å². The van der Waals surface area contributed by atoms with Crippen LogP contribution in [0.4, 0.5) is 0 Å². The van der Waals surface area contributed by atoms with Crippen LogP contribution < -0.4 is 15.4 Å². The fourth-order valence-electron chi connectivity index (χ4n) is 2.47. The number of ether oxygens (including phenoxy) is 2. The van der Waals surface area contributed by atoms with Crippen LogP contribution in [-0.4, -0.2) is 38.8 Å². The van der Waals surface area contributed by atoms with Crippen LogP contribution in [0.25, 0.3) is 0 Å². The van der Waals surface area contributed by atoms with Crippen molar-refractivity contribution in [3.63, 3.8) is 0 Å². The van der Waals surface area contributed by atoms with Gasteiger partial charge in [0.05, 0.1) is 32.3 Å². The van der Waals surface area contributed by atoms with Crippen molar-refractivity contribution in [2.75, 3.05) is 26.8 Å². The van der Waals surface area contributed by atoms with E-state index in [0.29, 0.717) is 13.0 Å². The van der Waals surface area contributed by atoms with Gasteiger partial charge in [-0.3, -0.25) is 4.79 Å². The SMILES string of the molecule is CCC(NC(=O)CC1CNCCO1)c1ccc(OC)cc1. The Morgan fingerprint density at radius 2 is 2.24 bits per heavy atom. The summed E-state index contributed by atoms with van der Waals surface area (Å²) in [4.78, 5) is 12.1.